The maximum absolute atomic E-state index is 11.7. The summed E-state index contributed by atoms with van der Waals surface area (Å²) >= 11 is 0. The highest BCUT2D eigenvalue weighted by Crippen LogP contribution is 2.15. The number of rotatable bonds is 5. The third-order valence-electron chi connectivity index (χ3n) is 4.27. The number of hydrogen-bond acceptors (Lipinski definition) is 4. The molecule has 1 aliphatic heterocycles. The molecule has 0 radical (unpaired) electrons. The molecule has 1 aliphatic rings. The molecule has 1 aromatic carbocycles. The monoisotopic (exact) mass is 310 g/mol. The van der Waals surface area contributed by atoms with Gasteiger partial charge in [0.05, 0.1) is 5.69 Å². The predicted molar refractivity (Wildman–Crippen MR) is 89.9 cm³/mol. The highest BCUT2D eigenvalue weighted by molar-refractivity contribution is 5.78. The molecule has 1 N–H and O–H groups in total. The first kappa shape index (κ1) is 15.5. The van der Waals surface area contributed by atoms with Crippen LogP contribution in [0.2, 0.25) is 0 Å². The standard InChI is InChI=1S/C18H22N4O/c1-13-10-17(21-20-14(13)2)19-11-15-5-7-16(8-6-15)12-22-9-3-4-18(22)23/h5-8,10H,3-4,9,11-12H2,1-2H3,(H,19,21). The van der Waals surface area contributed by atoms with Crippen LogP contribution in [0.15, 0.2) is 30.3 Å². The number of carbonyl (C=O) groups excluding carboxylic acids is 1. The number of nitrogens with one attached hydrogen (secondary N) is 1. The average Bonchev–Trinajstić information content (AvgIpc) is 2.95. The van der Waals surface area contributed by atoms with Crippen LogP contribution in [-0.2, 0) is 17.9 Å². The van der Waals surface area contributed by atoms with Gasteiger partial charge < -0.3 is 10.2 Å². The Balaban J connectivity index is 1.56. The SMILES string of the molecule is Cc1cc(NCc2ccc(CN3CCCC3=O)cc2)nnc1C. The Morgan fingerprint density at radius 1 is 1.13 bits per heavy atom. The lowest BCUT2D eigenvalue weighted by Gasteiger charge is -2.15. The zero-order valence-corrected chi connectivity index (χ0v) is 13.7. The van der Waals surface area contributed by atoms with E-state index < -0.39 is 0 Å². The van der Waals surface area contributed by atoms with Crippen LogP contribution in [0.1, 0.15) is 35.2 Å². The fourth-order valence-corrected chi connectivity index (χ4v) is 2.68. The summed E-state index contributed by atoms with van der Waals surface area (Å²) in [5.74, 6) is 1.06. The van der Waals surface area contributed by atoms with E-state index in [0.29, 0.717) is 13.0 Å². The third-order valence-corrected chi connectivity index (χ3v) is 4.27. The second kappa shape index (κ2) is 6.77. The molecule has 0 unspecified atom stereocenters. The summed E-state index contributed by atoms with van der Waals surface area (Å²) in [6, 6.07) is 10.4. The Hall–Kier alpha value is -2.43. The normalized spacial score (nSPS) is 14.3. The molecule has 1 amide bonds. The Labute approximate surface area is 136 Å². The first-order valence-corrected chi connectivity index (χ1v) is 8.02. The Morgan fingerprint density at radius 2 is 1.87 bits per heavy atom. The van der Waals surface area contributed by atoms with E-state index >= 15 is 0 Å². The first-order chi connectivity index (χ1) is 11.1. The first-order valence-electron chi connectivity index (χ1n) is 8.02. The molecule has 120 valence electrons. The van der Waals surface area contributed by atoms with E-state index in [1.807, 2.05) is 24.8 Å². The molecule has 1 saturated heterocycles. The van der Waals surface area contributed by atoms with E-state index in [9.17, 15) is 4.79 Å². The topological polar surface area (TPSA) is 58.1 Å². The number of aromatic nitrogens is 2. The third kappa shape index (κ3) is 3.86. The fourth-order valence-electron chi connectivity index (χ4n) is 2.68. The molecule has 2 aromatic rings. The molecule has 3 rings (SSSR count). The van der Waals surface area contributed by atoms with Crippen LogP contribution in [-0.4, -0.2) is 27.5 Å². The quantitative estimate of drug-likeness (QED) is 0.922. The number of likely N-dealkylation sites (tertiary alicyclic amines) is 1. The van der Waals surface area contributed by atoms with Crippen LogP contribution in [0.25, 0.3) is 0 Å². The molecule has 0 aliphatic carbocycles. The van der Waals surface area contributed by atoms with Gasteiger partial charge in [0.25, 0.3) is 0 Å². The van der Waals surface area contributed by atoms with Crippen molar-refractivity contribution < 1.29 is 4.79 Å². The van der Waals surface area contributed by atoms with Crippen molar-refractivity contribution in [2.75, 3.05) is 11.9 Å². The lowest BCUT2D eigenvalue weighted by Crippen LogP contribution is -2.23. The van der Waals surface area contributed by atoms with Crippen LogP contribution < -0.4 is 5.32 Å². The lowest BCUT2D eigenvalue weighted by molar-refractivity contribution is -0.128. The van der Waals surface area contributed by atoms with Crippen LogP contribution in [0, 0.1) is 13.8 Å². The second-order valence-electron chi connectivity index (χ2n) is 6.09. The zero-order valence-electron chi connectivity index (χ0n) is 13.7. The molecule has 5 heteroatoms. The van der Waals surface area contributed by atoms with Gasteiger partial charge in [-0.15, -0.1) is 5.10 Å². The zero-order chi connectivity index (χ0) is 16.2. The molecule has 0 atom stereocenters. The average molecular weight is 310 g/mol. The minimum Gasteiger partial charge on any atom is -0.364 e. The number of benzene rings is 1. The largest absolute Gasteiger partial charge is 0.364 e. The highest BCUT2D eigenvalue weighted by atomic mass is 16.2. The van der Waals surface area contributed by atoms with Crippen molar-refractivity contribution in [2.45, 2.75) is 39.8 Å². The Morgan fingerprint density at radius 3 is 2.52 bits per heavy atom. The maximum Gasteiger partial charge on any atom is 0.222 e. The van der Waals surface area contributed by atoms with Crippen molar-refractivity contribution in [2.24, 2.45) is 0 Å². The van der Waals surface area contributed by atoms with Crippen LogP contribution in [0.5, 0.6) is 0 Å². The summed E-state index contributed by atoms with van der Waals surface area (Å²) in [5, 5.41) is 11.6. The van der Waals surface area contributed by atoms with Gasteiger partial charge >= 0.3 is 0 Å². The van der Waals surface area contributed by atoms with E-state index in [-0.39, 0.29) is 5.91 Å². The minimum absolute atomic E-state index is 0.268. The summed E-state index contributed by atoms with van der Waals surface area (Å²) in [6.45, 7) is 6.29. The van der Waals surface area contributed by atoms with Gasteiger partial charge in [-0.1, -0.05) is 24.3 Å². The number of nitrogens with zero attached hydrogens (tertiary/aromatic N) is 3. The van der Waals surface area contributed by atoms with E-state index in [1.54, 1.807) is 0 Å². The summed E-state index contributed by atoms with van der Waals surface area (Å²) in [6.07, 6.45) is 1.68. The van der Waals surface area contributed by atoms with Crippen molar-refractivity contribution in [3.63, 3.8) is 0 Å². The van der Waals surface area contributed by atoms with E-state index in [1.165, 1.54) is 11.1 Å². The van der Waals surface area contributed by atoms with Crippen LogP contribution in [0.3, 0.4) is 0 Å². The molecule has 5 nitrogen and oxygen atoms in total. The summed E-state index contributed by atoms with van der Waals surface area (Å²) < 4.78 is 0. The summed E-state index contributed by atoms with van der Waals surface area (Å²) in [7, 11) is 0. The molecule has 0 spiro atoms. The number of hydrogen-bond donors (Lipinski definition) is 1. The Kier molecular flexibility index (Phi) is 4.55. The van der Waals surface area contributed by atoms with Gasteiger partial charge in [-0.05, 0) is 43.0 Å². The molecule has 0 bridgehead atoms. The molecule has 2 heterocycles. The number of amides is 1. The van der Waals surface area contributed by atoms with Crippen molar-refractivity contribution in [3.05, 3.63) is 52.7 Å². The van der Waals surface area contributed by atoms with Gasteiger partial charge in [-0.2, -0.15) is 5.10 Å². The lowest BCUT2D eigenvalue weighted by atomic mass is 10.1. The number of anilines is 1. The smallest absolute Gasteiger partial charge is 0.222 e. The van der Waals surface area contributed by atoms with Crippen molar-refractivity contribution in [3.8, 4) is 0 Å². The van der Waals surface area contributed by atoms with Crippen LogP contribution in [0.4, 0.5) is 5.82 Å². The molecule has 1 fully saturated rings. The molecule has 23 heavy (non-hydrogen) atoms. The van der Waals surface area contributed by atoms with Gasteiger partial charge in [-0.3, -0.25) is 4.79 Å². The van der Waals surface area contributed by atoms with Gasteiger partial charge in [0.2, 0.25) is 5.91 Å². The minimum atomic E-state index is 0.268. The van der Waals surface area contributed by atoms with Crippen molar-refractivity contribution in [1.29, 1.82) is 0 Å². The van der Waals surface area contributed by atoms with E-state index in [2.05, 4.69) is 39.8 Å². The fraction of sp³-hybridized carbons (Fsp3) is 0.389. The van der Waals surface area contributed by atoms with Gasteiger partial charge in [0.1, 0.15) is 5.82 Å². The molecular weight excluding hydrogens is 288 g/mol. The molecular formula is C18H22N4O. The predicted octanol–water partition coefficient (Wildman–Crippen LogP) is 2.83. The molecule has 1 aromatic heterocycles. The highest BCUT2D eigenvalue weighted by Gasteiger charge is 2.19. The van der Waals surface area contributed by atoms with E-state index in [4.69, 9.17) is 0 Å². The van der Waals surface area contributed by atoms with Gasteiger partial charge in [-0.25, -0.2) is 0 Å². The van der Waals surface area contributed by atoms with E-state index in [0.717, 1.165) is 36.6 Å². The van der Waals surface area contributed by atoms with Crippen molar-refractivity contribution in [1.82, 2.24) is 15.1 Å². The maximum atomic E-state index is 11.7. The summed E-state index contributed by atoms with van der Waals surface area (Å²) in [5.41, 5.74) is 4.45. The summed E-state index contributed by atoms with van der Waals surface area (Å²) in [4.78, 5) is 13.6. The van der Waals surface area contributed by atoms with Gasteiger partial charge in [0.15, 0.2) is 0 Å². The van der Waals surface area contributed by atoms with Crippen molar-refractivity contribution >= 4 is 11.7 Å². The van der Waals surface area contributed by atoms with Crippen LogP contribution >= 0.6 is 0 Å². The van der Waals surface area contributed by atoms with Gasteiger partial charge in [0, 0.05) is 26.1 Å². The second-order valence-corrected chi connectivity index (χ2v) is 6.09. The molecule has 0 saturated carbocycles. The number of aryl methyl sites for hydroxylation is 2. The Bertz CT molecular complexity index is 697. The number of carbonyl (C=O) groups is 1.